The largest absolute Gasteiger partial charge is 4.00 e. The first kappa shape index (κ1) is 114. The van der Waals surface area contributed by atoms with Gasteiger partial charge in [0.05, 0.1) is 0 Å². The molecule has 12 aromatic rings. The summed E-state index contributed by atoms with van der Waals surface area (Å²) < 4.78 is 5.75. The van der Waals surface area contributed by atoms with Gasteiger partial charge in [0.15, 0.2) is 0 Å². The number of fused-ring (bicyclic) bond motifs is 24. The SMILES string of the molecule is CC1C(C)C2c3c(sc4ccccc34)C=CC2C1c1cccc2c1[N-]CCC2.CC1CCc2cccc(C3C(C)C(C)C4c5c(sc6ccccc56)C=CC34)c2[N-]1.CC1CCc2cccc(C3C(C)CC4c5c(sc6ccccc56)C=CC43)c2[N-]1.CC1Cc2cccc(C3C(C)C(C)C4c5c(sc6ccccc56)C=CC34)c2[N-]1.[CH3-].[CH3-].[CH3-].[CH3-].[CH3-].[CH3-].[CH3-].[CH3-].[CH3-].[CH3-].[CH3-].[CH3-].[Ti+4].[Ti+4].[Ti+4].[Ti+4]. The summed E-state index contributed by atoms with van der Waals surface area (Å²) in [7, 11) is 0. The van der Waals surface area contributed by atoms with E-state index in [2.05, 4.69) is 288 Å². The van der Waals surface area contributed by atoms with Crippen molar-refractivity contribution in [2.75, 3.05) is 6.54 Å². The second-order valence-corrected chi connectivity index (χ2v) is 40.9. The molecule has 4 aliphatic heterocycles. The molecule has 0 bridgehead atoms. The summed E-state index contributed by atoms with van der Waals surface area (Å²) in [5, 5.41) is 26.3. The molecule has 4 aromatic heterocycles. The van der Waals surface area contributed by atoms with Gasteiger partial charge in [-0.2, -0.15) is 0 Å². The van der Waals surface area contributed by atoms with Crippen molar-refractivity contribution < 1.29 is 86.9 Å². The van der Waals surface area contributed by atoms with E-state index in [0.717, 1.165) is 13.0 Å². The molecule has 8 aromatic carbocycles. The Hall–Kier alpha value is -5.38. The van der Waals surface area contributed by atoms with Crippen molar-refractivity contribution in [1.82, 2.24) is 0 Å². The number of aryl methyl sites for hydroxylation is 3. The molecule has 8 aliphatic carbocycles. The molecular weight excluding hydrogens is 1780 g/mol. The van der Waals surface area contributed by atoms with Crippen molar-refractivity contribution in [2.45, 2.75) is 186 Å². The summed E-state index contributed by atoms with van der Waals surface area (Å²) in [4.78, 5) is 5.95. The monoisotopic (exact) mass is 1920 g/mol. The van der Waals surface area contributed by atoms with Crippen molar-refractivity contribution in [3.8, 4) is 0 Å². The molecule has 4 nitrogen and oxygen atoms in total. The minimum absolute atomic E-state index is 0. The molecular formula is C117H142N4S4Ti4. The van der Waals surface area contributed by atoms with Gasteiger partial charge in [-0.1, -0.05) is 303 Å². The minimum Gasteiger partial charge on any atom is -0.684 e. The second kappa shape index (κ2) is 46.4. The number of hydrogen-bond donors (Lipinski definition) is 0. The van der Waals surface area contributed by atoms with Gasteiger partial charge in [0, 0.05) is 38.3 Å². The van der Waals surface area contributed by atoms with Gasteiger partial charge in [-0.3, -0.25) is 0 Å². The predicted molar refractivity (Wildman–Crippen MR) is 565 cm³/mol. The van der Waals surface area contributed by atoms with E-state index in [-0.39, 0.29) is 176 Å². The van der Waals surface area contributed by atoms with Crippen LogP contribution in [0.5, 0.6) is 0 Å². The van der Waals surface area contributed by atoms with E-state index in [4.69, 9.17) is 21.3 Å². The number of para-hydroxylation sites is 4. The fraction of sp³-hybridized carbons (Fsp3) is 0.350. The molecule has 22 unspecified atom stereocenters. The number of nitrogens with zero attached hydrogens (tertiary/aromatic N) is 4. The Morgan fingerprint density at radius 1 is 0.279 bits per heavy atom. The van der Waals surface area contributed by atoms with Gasteiger partial charge in [-0.05, 0) is 237 Å². The molecule has 24 rings (SSSR count). The third-order valence-electron chi connectivity index (χ3n) is 30.5. The maximum atomic E-state index is 5.15. The van der Waals surface area contributed by atoms with Crippen molar-refractivity contribution in [1.29, 1.82) is 0 Å². The van der Waals surface area contributed by atoms with Crippen LogP contribution in [-0.2, 0) is 113 Å². The van der Waals surface area contributed by atoms with Crippen molar-refractivity contribution in [3.63, 3.8) is 0 Å². The molecule has 4 fully saturated rings. The third-order valence-corrected chi connectivity index (χ3v) is 35.1. The molecule has 4 saturated carbocycles. The molecule has 670 valence electrons. The molecule has 8 heterocycles. The molecule has 0 spiro atoms. The second-order valence-electron chi connectivity index (χ2n) is 36.5. The van der Waals surface area contributed by atoms with E-state index in [0.29, 0.717) is 131 Å². The van der Waals surface area contributed by atoms with E-state index >= 15 is 0 Å². The van der Waals surface area contributed by atoms with Gasteiger partial charge < -0.3 is 110 Å². The molecule has 0 N–H and O–H groups in total. The van der Waals surface area contributed by atoms with Crippen LogP contribution in [0, 0.1) is 154 Å². The van der Waals surface area contributed by atoms with Crippen LogP contribution in [0.4, 0.5) is 22.7 Å². The van der Waals surface area contributed by atoms with Crippen LogP contribution in [0.25, 0.3) is 85.9 Å². The standard InChI is InChI=1S/C27H28NS.3C26H26NS.12CH3.4Ti/c1-15-11-12-18-7-6-9-21(27(18)28-15)24-16(2)17(3)25-20(24)13-14-23-26(25)19-8-4-5-10-22(19)29-23;1-14-13-17-7-6-9-20(26(17)27-14)23-15(2)16(3)24-19(23)11-12-22-25(24)18-8-4-5-10-21(18)28-22;1-15-16(2)24-19(12-13-22-25(24)18-9-3-4-11-21(18)28-22)23(15)20-10-5-7-17-8-6-14-27-26(17)20;1-15-14-21-18(12-13-23-25(21)19-7-3-4-9-22(19)28-23)24(15)20-8-5-6-17-11-10-16(2)27-26(17)20;;;;;;;;;;;;;;;;/h4-10,13-17,20,24-25H,11-12H2,1-3H3;4-12,14-16,19,23-24H,13H2,1-3H3;3-5,7,9-13,15-16,19,23-24H,6,8,14H2,1-2H3;3-9,12-13,15-16,18,21,24H,10-11,14H2,1-2H3;12*1H3;;;;/q16*-1;4*+4. The number of hydrogen-bond acceptors (Lipinski definition) is 4. The van der Waals surface area contributed by atoms with Crippen molar-refractivity contribution in [3.05, 3.63) is 391 Å². The Morgan fingerprint density at radius 3 is 0.953 bits per heavy atom. The van der Waals surface area contributed by atoms with Gasteiger partial charge in [0.25, 0.3) is 0 Å². The Balaban J connectivity index is 0.000000293. The predicted octanol–water partition coefficient (Wildman–Crippen LogP) is 36.5. The van der Waals surface area contributed by atoms with Crippen molar-refractivity contribution >= 4 is 133 Å². The quantitative estimate of drug-likeness (QED) is 0.125. The summed E-state index contributed by atoms with van der Waals surface area (Å²) in [5.41, 5.74) is 23.7. The Kier molecular flexibility index (Phi) is 41.1. The first-order valence-corrected chi connectivity index (χ1v) is 46.5. The maximum Gasteiger partial charge on any atom is 4.00 e. The maximum absolute atomic E-state index is 5.15. The first-order valence-electron chi connectivity index (χ1n) is 43.3. The normalized spacial score (nSPS) is 27.7. The van der Waals surface area contributed by atoms with Crippen LogP contribution >= 0.6 is 45.3 Å². The number of rotatable bonds is 4. The Labute approximate surface area is 859 Å². The van der Waals surface area contributed by atoms with E-state index in [1.54, 1.807) is 22.3 Å². The van der Waals surface area contributed by atoms with Gasteiger partial charge in [0.1, 0.15) is 0 Å². The summed E-state index contributed by atoms with van der Waals surface area (Å²) in [5.74, 6) is 11.8. The zero-order valence-electron chi connectivity index (χ0n) is 81.3. The van der Waals surface area contributed by atoms with Crippen molar-refractivity contribution in [2.24, 2.45) is 65.1 Å². The average Bonchev–Trinajstić information content (AvgIpc) is 1.57. The van der Waals surface area contributed by atoms with Crippen LogP contribution < -0.4 is 0 Å². The topological polar surface area (TPSA) is 56.4 Å². The van der Waals surface area contributed by atoms with Crippen LogP contribution in [0.1, 0.15) is 229 Å². The van der Waals surface area contributed by atoms with Crippen LogP contribution in [0.3, 0.4) is 0 Å². The zero-order valence-corrected chi connectivity index (χ0v) is 90.8. The summed E-state index contributed by atoms with van der Waals surface area (Å²) in [6.07, 6.45) is 29.3. The number of allylic oxidation sites excluding steroid dienone is 4. The van der Waals surface area contributed by atoms with Gasteiger partial charge in [-0.15, -0.1) is 92.8 Å². The first-order chi connectivity index (χ1) is 55.2. The smallest absolute Gasteiger partial charge is 0.684 e. The number of thiophene rings is 4. The summed E-state index contributed by atoms with van der Waals surface area (Å²) in [6, 6.07) is 65.1. The van der Waals surface area contributed by atoms with Crippen LogP contribution in [0.2, 0.25) is 0 Å². The van der Waals surface area contributed by atoms with Crippen LogP contribution in [0.15, 0.2) is 194 Å². The van der Waals surface area contributed by atoms with E-state index < -0.39 is 0 Å². The molecule has 0 saturated heterocycles. The molecule has 12 aliphatic rings. The summed E-state index contributed by atoms with van der Waals surface area (Å²) >= 11 is 7.86. The molecule has 0 amide bonds. The molecule has 22 atom stereocenters. The van der Waals surface area contributed by atoms with Gasteiger partial charge in [-0.25, -0.2) is 0 Å². The van der Waals surface area contributed by atoms with E-state index in [9.17, 15) is 0 Å². The van der Waals surface area contributed by atoms with Crippen LogP contribution in [-0.4, -0.2) is 24.7 Å². The summed E-state index contributed by atoms with van der Waals surface area (Å²) in [6.45, 7) is 25.2. The molecule has 129 heavy (non-hydrogen) atoms. The molecule has 12 heteroatoms. The fourth-order valence-corrected chi connectivity index (χ4v) is 29.8. The van der Waals surface area contributed by atoms with E-state index in [1.807, 2.05) is 45.3 Å². The Morgan fingerprint density at radius 2 is 0.574 bits per heavy atom. The zero-order chi connectivity index (χ0) is 76.3. The molecule has 0 radical (unpaired) electrons. The number of benzene rings is 8. The minimum atomic E-state index is 0. The fourth-order valence-electron chi connectivity index (χ4n) is 25.0. The van der Waals surface area contributed by atoms with Gasteiger partial charge >= 0.3 is 86.9 Å². The van der Waals surface area contributed by atoms with E-state index in [1.165, 1.54) is 172 Å². The third kappa shape index (κ3) is 19.4. The van der Waals surface area contributed by atoms with Gasteiger partial charge in [0.2, 0.25) is 0 Å². The average molecular weight is 1920 g/mol. The Bertz CT molecular complexity index is 5850.